The van der Waals surface area contributed by atoms with Gasteiger partial charge in [0.2, 0.25) is 0 Å². The van der Waals surface area contributed by atoms with Crippen LogP contribution in [0.5, 0.6) is 0 Å². The Morgan fingerprint density at radius 2 is 2.24 bits per heavy atom. The molecule has 1 heterocycles. The second-order valence-corrected chi connectivity index (χ2v) is 5.41. The van der Waals surface area contributed by atoms with Crippen molar-refractivity contribution in [3.05, 3.63) is 18.0 Å². The smallest absolute Gasteiger partial charge is 0.0534 e. The van der Waals surface area contributed by atoms with E-state index in [1.165, 1.54) is 24.8 Å². The summed E-state index contributed by atoms with van der Waals surface area (Å²) in [6.45, 7) is 3.00. The highest BCUT2D eigenvalue weighted by molar-refractivity contribution is 5.03. The van der Waals surface area contributed by atoms with Crippen LogP contribution in [0.25, 0.3) is 0 Å². The summed E-state index contributed by atoms with van der Waals surface area (Å²) in [6, 6.07) is 0. The molecule has 4 nitrogen and oxygen atoms in total. The van der Waals surface area contributed by atoms with Crippen LogP contribution in [0.4, 0.5) is 0 Å². The maximum absolute atomic E-state index is 5.82. The molecular weight excluding hydrogens is 212 g/mol. The van der Waals surface area contributed by atoms with Crippen molar-refractivity contribution in [3.8, 4) is 0 Å². The maximum Gasteiger partial charge on any atom is 0.0534 e. The predicted molar refractivity (Wildman–Crippen MR) is 69.4 cm³/mol. The topological polar surface area (TPSA) is 47.1 Å². The first-order chi connectivity index (χ1) is 8.19. The molecule has 96 valence electrons. The molecule has 1 fully saturated rings. The molecule has 0 aromatic carbocycles. The maximum atomic E-state index is 5.82. The fourth-order valence-electron chi connectivity index (χ4n) is 2.99. The first kappa shape index (κ1) is 12.6. The van der Waals surface area contributed by atoms with E-state index in [-0.39, 0.29) is 0 Å². The van der Waals surface area contributed by atoms with Crippen LogP contribution in [0, 0.1) is 11.8 Å². The Morgan fingerprint density at radius 1 is 1.47 bits per heavy atom. The van der Waals surface area contributed by atoms with Gasteiger partial charge < -0.3 is 10.6 Å². The molecular formula is C13H24N4. The normalized spacial score (nSPS) is 24.7. The lowest BCUT2D eigenvalue weighted by atomic mass is 9.96. The first-order valence-corrected chi connectivity index (χ1v) is 6.55. The summed E-state index contributed by atoms with van der Waals surface area (Å²) in [4.78, 5) is 2.40. The zero-order chi connectivity index (χ0) is 12.3. The van der Waals surface area contributed by atoms with Crippen molar-refractivity contribution in [1.82, 2.24) is 14.7 Å². The summed E-state index contributed by atoms with van der Waals surface area (Å²) < 4.78 is 1.86. The van der Waals surface area contributed by atoms with E-state index in [9.17, 15) is 0 Å². The van der Waals surface area contributed by atoms with E-state index < -0.39 is 0 Å². The minimum atomic E-state index is 0.742. The van der Waals surface area contributed by atoms with E-state index in [2.05, 4.69) is 23.2 Å². The number of hydrogen-bond acceptors (Lipinski definition) is 3. The van der Waals surface area contributed by atoms with Gasteiger partial charge in [0.05, 0.1) is 6.20 Å². The SMILES string of the molecule is CN(Cc1cnn(C)c1)CC1CCCC1CN. The molecule has 0 saturated heterocycles. The number of nitrogens with zero attached hydrogens (tertiary/aromatic N) is 3. The van der Waals surface area contributed by atoms with Crippen LogP contribution in [-0.4, -0.2) is 34.8 Å². The molecule has 1 aromatic heterocycles. The van der Waals surface area contributed by atoms with E-state index in [1.807, 2.05) is 17.9 Å². The standard InChI is InChI=1S/C13H24N4/c1-16(8-11-7-15-17(2)9-11)10-13-5-3-4-12(13)6-14/h7,9,12-13H,3-6,8,10,14H2,1-2H3. The molecule has 1 aliphatic carbocycles. The number of nitrogens with two attached hydrogens (primary N) is 1. The fourth-order valence-corrected chi connectivity index (χ4v) is 2.99. The third-order valence-corrected chi connectivity index (χ3v) is 3.88. The lowest BCUT2D eigenvalue weighted by molar-refractivity contribution is 0.237. The van der Waals surface area contributed by atoms with Gasteiger partial charge in [0, 0.05) is 31.9 Å². The molecule has 2 atom stereocenters. The molecule has 2 rings (SSSR count). The van der Waals surface area contributed by atoms with Gasteiger partial charge in [0.1, 0.15) is 0 Å². The summed E-state index contributed by atoms with van der Waals surface area (Å²) >= 11 is 0. The molecule has 2 N–H and O–H groups in total. The largest absolute Gasteiger partial charge is 0.330 e. The van der Waals surface area contributed by atoms with Crippen molar-refractivity contribution < 1.29 is 0 Å². The summed E-state index contributed by atoms with van der Waals surface area (Å²) in [7, 11) is 4.16. The molecule has 17 heavy (non-hydrogen) atoms. The van der Waals surface area contributed by atoms with E-state index >= 15 is 0 Å². The minimum Gasteiger partial charge on any atom is -0.330 e. The van der Waals surface area contributed by atoms with Crippen LogP contribution in [0.2, 0.25) is 0 Å². The average Bonchev–Trinajstić information content (AvgIpc) is 2.87. The van der Waals surface area contributed by atoms with Crippen LogP contribution < -0.4 is 5.73 Å². The Kier molecular flexibility index (Phi) is 4.18. The predicted octanol–water partition coefficient (Wildman–Crippen LogP) is 1.23. The zero-order valence-corrected chi connectivity index (χ0v) is 11.0. The third-order valence-electron chi connectivity index (χ3n) is 3.88. The van der Waals surface area contributed by atoms with Crippen molar-refractivity contribution in [3.63, 3.8) is 0 Å². The molecule has 2 unspecified atom stereocenters. The van der Waals surface area contributed by atoms with Gasteiger partial charge in [-0.3, -0.25) is 4.68 Å². The van der Waals surface area contributed by atoms with Crippen LogP contribution in [0.15, 0.2) is 12.4 Å². The van der Waals surface area contributed by atoms with Gasteiger partial charge in [-0.15, -0.1) is 0 Å². The van der Waals surface area contributed by atoms with Gasteiger partial charge in [-0.05, 0) is 38.3 Å². The average molecular weight is 236 g/mol. The molecule has 1 saturated carbocycles. The van der Waals surface area contributed by atoms with E-state index in [0.717, 1.165) is 31.5 Å². The molecule has 0 aliphatic heterocycles. The summed E-state index contributed by atoms with van der Waals surface area (Å²) in [5, 5.41) is 4.20. The van der Waals surface area contributed by atoms with Crippen molar-refractivity contribution in [2.24, 2.45) is 24.6 Å². The highest BCUT2D eigenvalue weighted by atomic mass is 15.2. The first-order valence-electron chi connectivity index (χ1n) is 6.55. The van der Waals surface area contributed by atoms with E-state index in [1.54, 1.807) is 0 Å². The summed E-state index contributed by atoms with van der Waals surface area (Å²) in [5.74, 6) is 1.54. The Balaban J connectivity index is 1.82. The molecule has 4 heteroatoms. The summed E-state index contributed by atoms with van der Waals surface area (Å²) in [6.07, 6.45) is 8.06. The minimum absolute atomic E-state index is 0.742. The Hall–Kier alpha value is -0.870. The molecule has 0 spiro atoms. The highest BCUT2D eigenvalue weighted by Crippen LogP contribution is 2.31. The lowest BCUT2D eigenvalue weighted by Gasteiger charge is -2.24. The van der Waals surface area contributed by atoms with Gasteiger partial charge in [-0.1, -0.05) is 6.42 Å². The van der Waals surface area contributed by atoms with Crippen molar-refractivity contribution in [2.75, 3.05) is 20.1 Å². The number of aromatic nitrogens is 2. The van der Waals surface area contributed by atoms with Gasteiger partial charge in [0.25, 0.3) is 0 Å². The van der Waals surface area contributed by atoms with Crippen LogP contribution in [-0.2, 0) is 13.6 Å². The molecule has 0 radical (unpaired) electrons. The molecule has 1 aliphatic rings. The van der Waals surface area contributed by atoms with Crippen molar-refractivity contribution >= 4 is 0 Å². The number of hydrogen-bond donors (Lipinski definition) is 1. The monoisotopic (exact) mass is 236 g/mol. The van der Waals surface area contributed by atoms with Crippen LogP contribution >= 0.6 is 0 Å². The molecule has 1 aromatic rings. The second-order valence-electron chi connectivity index (χ2n) is 5.41. The Bertz CT molecular complexity index is 347. The molecule has 0 amide bonds. The van der Waals surface area contributed by atoms with Gasteiger partial charge in [-0.2, -0.15) is 5.10 Å². The van der Waals surface area contributed by atoms with Gasteiger partial charge >= 0.3 is 0 Å². The lowest BCUT2D eigenvalue weighted by Crippen LogP contribution is -2.30. The zero-order valence-electron chi connectivity index (χ0n) is 11.0. The Morgan fingerprint density at radius 3 is 2.88 bits per heavy atom. The highest BCUT2D eigenvalue weighted by Gasteiger charge is 2.26. The van der Waals surface area contributed by atoms with E-state index in [4.69, 9.17) is 5.73 Å². The fraction of sp³-hybridized carbons (Fsp3) is 0.769. The third kappa shape index (κ3) is 3.30. The second kappa shape index (κ2) is 5.65. The van der Waals surface area contributed by atoms with Crippen LogP contribution in [0.3, 0.4) is 0 Å². The number of aryl methyl sites for hydroxylation is 1. The van der Waals surface area contributed by atoms with E-state index in [0.29, 0.717) is 0 Å². The van der Waals surface area contributed by atoms with Crippen LogP contribution in [0.1, 0.15) is 24.8 Å². The molecule has 0 bridgehead atoms. The van der Waals surface area contributed by atoms with Gasteiger partial charge in [-0.25, -0.2) is 0 Å². The Labute approximate surface area is 104 Å². The van der Waals surface area contributed by atoms with Crippen molar-refractivity contribution in [2.45, 2.75) is 25.8 Å². The van der Waals surface area contributed by atoms with Crippen molar-refractivity contribution in [1.29, 1.82) is 0 Å². The number of rotatable bonds is 5. The summed E-state index contributed by atoms with van der Waals surface area (Å²) in [5.41, 5.74) is 7.11. The van der Waals surface area contributed by atoms with Gasteiger partial charge in [0.15, 0.2) is 0 Å². The quantitative estimate of drug-likeness (QED) is 0.836.